The second-order valence-corrected chi connectivity index (χ2v) is 5.26. The first-order valence-corrected chi connectivity index (χ1v) is 6.71. The van der Waals surface area contributed by atoms with Gasteiger partial charge in [-0.3, -0.25) is 9.19 Å². The van der Waals surface area contributed by atoms with Gasteiger partial charge in [-0.15, -0.1) is 0 Å². The third kappa shape index (κ3) is 4.53. The zero-order chi connectivity index (χ0) is 11.1. The topological polar surface area (TPSA) is 42.0 Å². The summed E-state index contributed by atoms with van der Waals surface area (Å²) in [6.07, 6.45) is 3.62. The van der Waals surface area contributed by atoms with E-state index in [1.54, 1.807) is 6.20 Å². The quantitative estimate of drug-likeness (QED) is 0.799. The molecule has 84 valence electrons. The molecule has 0 aromatic carbocycles. The predicted octanol–water partition coefficient (Wildman–Crippen LogP) is 1.50. The molecule has 1 aromatic heterocycles. The molecule has 0 amide bonds. The predicted molar refractivity (Wildman–Crippen MR) is 64.2 cm³/mol. The maximum atomic E-state index is 11.2. The summed E-state index contributed by atoms with van der Waals surface area (Å²) in [4.78, 5) is 4.07. The van der Waals surface area contributed by atoms with Crippen molar-refractivity contribution in [3.8, 4) is 0 Å². The highest BCUT2D eigenvalue weighted by Crippen LogP contribution is 2.08. The van der Waals surface area contributed by atoms with Gasteiger partial charge in [0.05, 0.1) is 0 Å². The molecule has 0 aliphatic rings. The van der Waals surface area contributed by atoms with Crippen molar-refractivity contribution in [3.05, 3.63) is 30.1 Å². The third-order valence-corrected chi connectivity index (χ3v) is 3.59. The van der Waals surface area contributed by atoms with Crippen LogP contribution in [-0.2, 0) is 10.8 Å². The van der Waals surface area contributed by atoms with Gasteiger partial charge in [-0.25, -0.2) is 0 Å². The number of hydrogen-bond donors (Lipinski definition) is 1. The van der Waals surface area contributed by atoms with Crippen LogP contribution in [0.4, 0.5) is 0 Å². The van der Waals surface area contributed by atoms with Crippen LogP contribution >= 0.6 is 0 Å². The van der Waals surface area contributed by atoms with Crippen molar-refractivity contribution in [2.75, 3.05) is 18.1 Å². The molecule has 1 N–H and O–H groups in total. The Bertz CT molecular complexity index is 303. The molecule has 0 fully saturated rings. The molecule has 0 radical (unpaired) electrons. The smallest absolute Gasteiger partial charge is 0.0360 e. The molecule has 0 saturated carbocycles. The van der Waals surface area contributed by atoms with Crippen LogP contribution in [0.2, 0.25) is 0 Å². The van der Waals surface area contributed by atoms with Gasteiger partial charge in [0.25, 0.3) is 0 Å². The van der Waals surface area contributed by atoms with E-state index in [9.17, 15) is 4.21 Å². The minimum absolute atomic E-state index is 0.271. The maximum Gasteiger partial charge on any atom is 0.0360 e. The number of nitrogens with zero attached hydrogens (tertiary/aromatic N) is 1. The second kappa shape index (κ2) is 6.69. The minimum atomic E-state index is -0.678. The van der Waals surface area contributed by atoms with Crippen molar-refractivity contribution in [1.82, 2.24) is 10.3 Å². The highest BCUT2D eigenvalue weighted by atomic mass is 32.2. The lowest BCUT2D eigenvalue weighted by Crippen LogP contribution is -2.24. The number of rotatable bonds is 6. The van der Waals surface area contributed by atoms with E-state index in [-0.39, 0.29) is 6.04 Å². The largest absolute Gasteiger partial charge is 0.309 e. The van der Waals surface area contributed by atoms with Crippen LogP contribution in [-0.4, -0.2) is 27.2 Å². The molecule has 15 heavy (non-hydrogen) atoms. The molecule has 4 heteroatoms. The zero-order valence-electron chi connectivity index (χ0n) is 9.27. The molecule has 2 unspecified atom stereocenters. The van der Waals surface area contributed by atoms with Crippen molar-refractivity contribution in [3.63, 3.8) is 0 Å². The lowest BCUT2D eigenvalue weighted by Gasteiger charge is -2.13. The Morgan fingerprint density at radius 1 is 1.60 bits per heavy atom. The molecule has 1 rings (SSSR count). The van der Waals surface area contributed by atoms with Crippen molar-refractivity contribution in [2.24, 2.45) is 0 Å². The van der Waals surface area contributed by atoms with E-state index in [4.69, 9.17) is 0 Å². The molecular weight excluding hydrogens is 208 g/mol. The van der Waals surface area contributed by atoms with Gasteiger partial charge < -0.3 is 5.32 Å². The Labute approximate surface area is 93.8 Å². The molecule has 0 bridgehead atoms. The Kier molecular flexibility index (Phi) is 5.50. The van der Waals surface area contributed by atoms with Crippen molar-refractivity contribution >= 4 is 10.8 Å². The summed E-state index contributed by atoms with van der Waals surface area (Å²) < 4.78 is 11.2. The summed E-state index contributed by atoms with van der Waals surface area (Å²) in [6, 6.07) is 4.24. The van der Waals surface area contributed by atoms with Crippen LogP contribution in [0.3, 0.4) is 0 Å². The van der Waals surface area contributed by atoms with E-state index < -0.39 is 10.8 Å². The fourth-order valence-corrected chi connectivity index (χ4v) is 1.92. The van der Waals surface area contributed by atoms with Crippen molar-refractivity contribution in [1.29, 1.82) is 0 Å². The summed E-state index contributed by atoms with van der Waals surface area (Å²) in [5.41, 5.74) is 1.17. The van der Waals surface area contributed by atoms with E-state index in [0.29, 0.717) is 0 Å². The standard InChI is InChI=1S/C11H18N2OS/c1-3-15(14)8-7-13-10(2)11-5-4-6-12-9-11/h4-6,9-10,13H,3,7-8H2,1-2H3. The van der Waals surface area contributed by atoms with Gasteiger partial charge >= 0.3 is 0 Å². The molecule has 0 aliphatic carbocycles. The Morgan fingerprint density at radius 2 is 2.40 bits per heavy atom. The first-order chi connectivity index (χ1) is 7.24. The number of hydrogen-bond acceptors (Lipinski definition) is 3. The van der Waals surface area contributed by atoms with E-state index >= 15 is 0 Å². The van der Waals surface area contributed by atoms with Crippen LogP contribution in [0.1, 0.15) is 25.5 Å². The average molecular weight is 226 g/mol. The SMILES string of the molecule is CCS(=O)CCNC(C)c1cccnc1. The lowest BCUT2D eigenvalue weighted by molar-refractivity contribution is 0.595. The van der Waals surface area contributed by atoms with Gasteiger partial charge in [0.2, 0.25) is 0 Å². The number of nitrogens with one attached hydrogen (secondary N) is 1. The van der Waals surface area contributed by atoms with Crippen LogP contribution < -0.4 is 5.32 Å². The first-order valence-electron chi connectivity index (χ1n) is 5.22. The maximum absolute atomic E-state index is 11.2. The summed E-state index contributed by atoms with van der Waals surface area (Å²) >= 11 is 0. The Hall–Kier alpha value is -0.740. The highest BCUT2D eigenvalue weighted by molar-refractivity contribution is 7.84. The summed E-state index contributed by atoms with van der Waals surface area (Å²) in [5, 5.41) is 3.33. The zero-order valence-corrected chi connectivity index (χ0v) is 10.1. The van der Waals surface area contributed by atoms with E-state index in [1.165, 1.54) is 5.56 Å². The molecule has 1 aromatic rings. The Morgan fingerprint density at radius 3 is 3.00 bits per heavy atom. The van der Waals surface area contributed by atoms with Crippen molar-refractivity contribution < 1.29 is 4.21 Å². The third-order valence-electron chi connectivity index (χ3n) is 2.29. The molecule has 1 heterocycles. The molecule has 0 saturated heterocycles. The van der Waals surface area contributed by atoms with Gasteiger partial charge in [0.15, 0.2) is 0 Å². The van der Waals surface area contributed by atoms with Gasteiger partial charge in [-0.2, -0.15) is 0 Å². The normalized spacial score (nSPS) is 14.8. The molecule has 3 nitrogen and oxygen atoms in total. The van der Waals surface area contributed by atoms with Gasteiger partial charge in [0.1, 0.15) is 0 Å². The lowest BCUT2D eigenvalue weighted by atomic mass is 10.1. The van der Waals surface area contributed by atoms with Crippen molar-refractivity contribution in [2.45, 2.75) is 19.9 Å². The fraction of sp³-hybridized carbons (Fsp3) is 0.545. The van der Waals surface area contributed by atoms with Crippen LogP contribution in [0, 0.1) is 0 Å². The molecule has 0 aliphatic heterocycles. The molecule has 0 spiro atoms. The monoisotopic (exact) mass is 226 g/mol. The van der Waals surface area contributed by atoms with E-state index in [1.807, 2.05) is 25.3 Å². The van der Waals surface area contributed by atoms with Crippen LogP contribution in [0.5, 0.6) is 0 Å². The van der Waals surface area contributed by atoms with Gasteiger partial charge in [-0.05, 0) is 18.6 Å². The second-order valence-electron chi connectivity index (χ2n) is 3.39. The average Bonchev–Trinajstić information content (AvgIpc) is 2.29. The van der Waals surface area contributed by atoms with E-state index in [2.05, 4.69) is 17.2 Å². The van der Waals surface area contributed by atoms with Crippen LogP contribution in [0.25, 0.3) is 0 Å². The highest BCUT2D eigenvalue weighted by Gasteiger charge is 2.04. The summed E-state index contributed by atoms with van der Waals surface area (Å²) in [7, 11) is -0.678. The fourth-order valence-electron chi connectivity index (χ4n) is 1.28. The van der Waals surface area contributed by atoms with Crippen LogP contribution in [0.15, 0.2) is 24.5 Å². The molecule has 2 atom stereocenters. The summed E-state index contributed by atoms with van der Waals surface area (Å²) in [5.74, 6) is 1.46. The van der Waals surface area contributed by atoms with Gasteiger partial charge in [-0.1, -0.05) is 13.0 Å². The Balaban J connectivity index is 2.31. The van der Waals surface area contributed by atoms with E-state index in [0.717, 1.165) is 18.1 Å². The minimum Gasteiger partial charge on any atom is -0.309 e. The number of pyridine rings is 1. The van der Waals surface area contributed by atoms with Gasteiger partial charge in [0, 0.05) is 47.3 Å². The molecular formula is C11H18N2OS. The number of aromatic nitrogens is 1. The summed E-state index contributed by atoms with van der Waals surface area (Å²) in [6.45, 7) is 4.82. The first kappa shape index (κ1) is 12.3.